The van der Waals surface area contributed by atoms with Gasteiger partial charge in [-0.15, -0.1) is 0 Å². The predicted octanol–water partition coefficient (Wildman–Crippen LogP) is 3.43. The number of benzene rings is 1. The maximum atomic E-state index is 14.4. The van der Waals surface area contributed by atoms with Gasteiger partial charge in [0, 0.05) is 29.6 Å². The second kappa shape index (κ2) is 5.47. The molecule has 23 heavy (non-hydrogen) atoms. The zero-order valence-corrected chi connectivity index (χ0v) is 12.9. The zero-order valence-electron chi connectivity index (χ0n) is 12.2. The van der Waals surface area contributed by atoms with Crippen LogP contribution in [0.4, 0.5) is 10.1 Å². The molecule has 7 heteroatoms. The van der Waals surface area contributed by atoms with Crippen molar-refractivity contribution in [2.45, 2.75) is 12.5 Å². The predicted molar refractivity (Wildman–Crippen MR) is 86.8 cm³/mol. The first kappa shape index (κ1) is 14.4. The van der Waals surface area contributed by atoms with Gasteiger partial charge in [0.2, 0.25) is 0 Å². The van der Waals surface area contributed by atoms with Gasteiger partial charge in [0.05, 0.1) is 18.0 Å². The van der Waals surface area contributed by atoms with E-state index in [0.29, 0.717) is 46.2 Å². The van der Waals surface area contributed by atoms with Crippen LogP contribution in [-0.2, 0) is 4.74 Å². The SMILES string of the molecule is Nc1ccc(-c2cn(C3CCOC3)c3ncnc(Cl)c23)c(F)c1. The van der Waals surface area contributed by atoms with E-state index in [2.05, 4.69) is 9.97 Å². The second-order valence-electron chi connectivity index (χ2n) is 5.57. The van der Waals surface area contributed by atoms with E-state index in [0.717, 1.165) is 6.42 Å². The van der Waals surface area contributed by atoms with E-state index >= 15 is 0 Å². The number of nitrogens with zero attached hydrogens (tertiary/aromatic N) is 3. The number of hydrogen-bond donors (Lipinski definition) is 1. The van der Waals surface area contributed by atoms with Gasteiger partial charge in [0.15, 0.2) is 0 Å². The van der Waals surface area contributed by atoms with Crippen molar-refractivity contribution in [3.63, 3.8) is 0 Å². The Bertz CT molecular complexity index is 889. The van der Waals surface area contributed by atoms with E-state index in [4.69, 9.17) is 22.1 Å². The van der Waals surface area contributed by atoms with Crippen molar-refractivity contribution in [1.82, 2.24) is 14.5 Å². The molecule has 0 amide bonds. The van der Waals surface area contributed by atoms with Crippen molar-refractivity contribution in [3.8, 4) is 11.1 Å². The highest BCUT2D eigenvalue weighted by atomic mass is 35.5. The van der Waals surface area contributed by atoms with Crippen molar-refractivity contribution in [2.24, 2.45) is 0 Å². The number of fused-ring (bicyclic) bond motifs is 1. The quantitative estimate of drug-likeness (QED) is 0.576. The first-order valence-corrected chi connectivity index (χ1v) is 7.67. The Morgan fingerprint density at radius 3 is 2.91 bits per heavy atom. The van der Waals surface area contributed by atoms with Crippen LogP contribution >= 0.6 is 11.6 Å². The highest BCUT2D eigenvalue weighted by molar-refractivity contribution is 6.35. The molecule has 1 atom stereocenters. The van der Waals surface area contributed by atoms with Crippen LogP contribution in [0.1, 0.15) is 12.5 Å². The van der Waals surface area contributed by atoms with Crippen LogP contribution in [0.3, 0.4) is 0 Å². The van der Waals surface area contributed by atoms with E-state index in [-0.39, 0.29) is 6.04 Å². The van der Waals surface area contributed by atoms with Crippen LogP contribution in [0, 0.1) is 5.82 Å². The lowest BCUT2D eigenvalue weighted by molar-refractivity contribution is 0.187. The summed E-state index contributed by atoms with van der Waals surface area (Å²) < 4.78 is 21.8. The average molecular weight is 333 g/mol. The molecule has 1 aliphatic rings. The molecule has 1 fully saturated rings. The third-order valence-electron chi connectivity index (χ3n) is 4.15. The summed E-state index contributed by atoms with van der Waals surface area (Å²) in [5, 5.41) is 0.948. The Balaban J connectivity index is 1.99. The van der Waals surface area contributed by atoms with E-state index in [9.17, 15) is 4.39 Å². The molecule has 4 rings (SSSR count). The first-order valence-electron chi connectivity index (χ1n) is 7.29. The summed E-state index contributed by atoms with van der Waals surface area (Å²) in [6, 6.07) is 4.78. The Kier molecular flexibility index (Phi) is 3.43. The number of aromatic nitrogens is 3. The molecule has 5 nitrogen and oxygen atoms in total. The van der Waals surface area contributed by atoms with Gasteiger partial charge < -0.3 is 15.0 Å². The van der Waals surface area contributed by atoms with Crippen molar-refractivity contribution >= 4 is 28.3 Å². The summed E-state index contributed by atoms with van der Waals surface area (Å²) in [6.07, 6.45) is 4.17. The maximum Gasteiger partial charge on any atom is 0.145 e. The molecule has 0 radical (unpaired) electrons. The Morgan fingerprint density at radius 1 is 1.30 bits per heavy atom. The van der Waals surface area contributed by atoms with E-state index in [1.807, 2.05) is 10.8 Å². The molecule has 1 saturated heterocycles. The number of anilines is 1. The molecule has 0 bridgehead atoms. The Hall–Kier alpha value is -2.18. The standard InChI is InChI=1S/C16H14ClFN4O/c17-15-14-12(11-2-1-9(19)5-13(11)18)6-22(10-3-4-23-7-10)16(14)21-8-20-15/h1-2,5-6,8,10H,3-4,7,19H2. The largest absolute Gasteiger partial charge is 0.399 e. The molecule has 0 saturated carbocycles. The molecule has 3 heterocycles. The number of rotatable bonds is 2. The fourth-order valence-corrected chi connectivity index (χ4v) is 3.25. The van der Waals surface area contributed by atoms with Crippen molar-refractivity contribution < 1.29 is 9.13 Å². The lowest BCUT2D eigenvalue weighted by Gasteiger charge is -2.10. The Labute approximate surface area is 136 Å². The summed E-state index contributed by atoms with van der Waals surface area (Å²) >= 11 is 6.27. The minimum Gasteiger partial charge on any atom is -0.399 e. The van der Waals surface area contributed by atoms with E-state index in [1.165, 1.54) is 12.4 Å². The number of hydrogen-bond acceptors (Lipinski definition) is 4. The molecule has 3 aromatic rings. The number of nitrogen functional groups attached to an aromatic ring is 1. The smallest absolute Gasteiger partial charge is 0.145 e. The topological polar surface area (TPSA) is 66.0 Å². The van der Waals surface area contributed by atoms with Crippen LogP contribution in [0.2, 0.25) is 5.15 Å². The minimum atomic E-state index is -0.397. The fraction of sp³-hybridized carbons (Fsp3) is 0.250. The van der Waals surface area contributed by atoms with Gasteiger partial charge in [0.1, 0.15) is 22.9 Å². The van der Waals surface area contributed by atoms with Gasteiger partial charge in [-0.25, -0.2) is 14.4 Å². The van der Waals surface area contributed by atoms with Crippen molar-refractivity contribution in [1.29, 1.82) is 0 Å². The summed E-state index contributed by atoms with van der Waals surface area (Å²) in [5.74, 6) is -0.397. The van der Waals surface area contributed by atoms with Crippen LogP contribution in [0.5, 0.6) is 0 Å². The monoisotopic (exact) mass is 332 g/mol. The zero-order chi connectivity index (χ0) is 16.0. The highest BCUT2D eigenvalue weighted by Gasteiger charge is 2.24. The number of halogens is 2. The van der Waals surface area contributed by atoms with Gasteiger partial charge in [-0.3, -0.25) is 0 Å². The molecular weight excluding hydrogens is 319 g/mol. The number of nitrogens with two attached hydrogens (primary N) is 1. The fourth-order valence-electron chi connectivity index (χ4n) is 3.02. The first-order chi connectivity index (χ1) is 11.1. The summed E-state index contributed by atoms with van der Waals surface area (Å²) in [6.45, 7) is 1.31. The molecule has 0 aliphatic carbocycles. The van der Waals surface area contributed by atoms with Crippen LogP contribution in [0.15, 0.2) is 30.7 Å². The van der Waals surface area contributed by atoms with Gasteiger partial charge in [-0.1, -0.05) is 11.6 Å². The lowest BCUT2D eigenvalue weighted by atomic mass is 10.1. The van der Waals surface area contributed by atoms with E-state index in [1.54, 1.807) is 12.1 Å². The molecule has 1 aromatic carbocycles. The minimum absolute atomic E-state index is 0.161. The lowest BCUT2D eigenvalue weighted by Crippen LogP contribution is -2.07. The maximum absolute atomic E-state index is 14.4. The molecular formula is C16H14ClFN4O. The third kappa shape index (κ3) is 2.34. The molecule has 2 aromatic heterocycles. The summed E-state index contributed by atoms with van der Waals surface area (Å²) in [7, 11) is 0. The molecule has 1 aliphatic heterocycles. The summed E-state index contributed by atoms with van der Waals surface area (Å²) in [5.41, 5.74) is 7.79. The highest BCUT2D eigenvalue weighted by Crippen LogP contribution is 2.37. The molecule has 2 N–H and O–H groups in total. The normalized spacial score (nSPS) is 17.9. The van der Waals surface area contributed by atoms with Gasteiger partial charge in [-0.2, -0.15) is 0 Å². The molecule has 0 spiro atoms. The third-order valence-corrected chi connectivity index (χ3v) is 4.43. The van der Waals surface area contributed by atoms with Crippen molar-refractivity contribution in [3.05, 3.63) is 41.7 Å². The van der Waals surface area contributed by atoms with E-state index < -0.39 is 5.82 Å². The molecule has 1 unspecified atom stereocenters. The van der Waals surface area contributed by atoms with Gasteiger partial charge >= 0.3 is 0 Å². The Morgan fingerprint density at radius 2 is 2.17 bits per heavy atom. The second-order valence-corrected chi connectivity index (χ2v) is 5.93. The van der Waals surface area contributed by atoms with Gasteiger partial charge in [-0.05, 0) is 24.6 Å². The van der Waals surface area contributed by atoms with Gasteiger partial charge in [0.25, 0.3) is 0 Å². The van der Waals surface area contributed by atoms with Crippen LogP contribution in [0.25, 0.3) is 22.2 Å². The van der Waals surface area contributed by atoms with Crippen LogP contribution in [-0.4, -0.2) is 27.7 Å². The van der Waals surface area contributed by atoms with Crippen LogP contribution < -0.4 is 5.73 Å². The average Bonchev–Trinajstić information content (AvgIpc) is 3.15. The number of ether oxygens (including phenoxy) is 1. The summed E-state index contributed by atoms with van der Waals surface area (Å²) in [4.78, 5) is 8.39. The van der Waals surface area contributed by atoms with Crippen molar-refractivity contribution in [2.75, 3.05) is 18.9 Å². The molecule has 118 valence electrons.